The third-order valence-corrected chi connectivity index (χ3v) is 9.07. The molecule has 2 aliphatic rings. The van der Waals surface area contributed by atoms with Gasteiger partial charge in [0.1, 0.15) is 17.8 Å². The molecule has 3 atom stereocenters. The van der Waals surface area contributed by atoms with Gasteiger partial charge in [0.15, 0.2) is 0 Å². The van der Waals surface area contributed by atoms with Crippen molar-refractivity contribution < 1.29 is 9.53 Å². The highest BCUT2D eigenvalue weighted by Gasteiger charge is 2.49. The average molecular weight is 514 g/mol. The molecule has 1 aliphatic heterocycles. The van der Waals surface area contributed by atoms with Gasteiger partial charge in [-0.05, 0) is 53.9 Å². The maximum absolute atomic E-state index is 12.8. The summed E-state index contributed by atoms with van der Waals surface area (Å²) in [4.78, 5) is 15.1. The summed E-state index contributed by atoms with van der Waals surface area (Å²) in [6.45, 7) is 5.56. The molecule has 4 aromatic rings. The quantitative estimate of drug-likeness (QED) is 0.235. The van der Waals surface area contributed by atoms with Gasteiger partial charge in [0.05, 0.1) is 21.2 Å². The van der Waals surface area contributed by atoms with Gasteiger partial charge >= 0.3 is 0 Å². The molecule has 1 saturated heterocycles. The van der Waals surface area contributed by atoms with Crippen LogP contribution in [0.2, 0.25) is 0 Å². The van der Waals surface area contributed by atoms with Crippen LogP contribution in [-0.2, 0) is 10.3 Å². The molecule has 0 radical (unpaired) electrons. The molecule has 1 aromatic heterocycles. The number of hydrogen-bond donors (Lipinski definition) is 4. The Bertz CT molecular complexity index is 1480. The van der Waals surface area contributed by atoms with E-state index in [0.717, 1.165) is 75.6 Å². The summed E-state index contributed by atoms with van der Waals surface area (Å²) in [5.41, 5.74) is 24.0. The lowest BCUT2D eigenvalue weighted by molar-refractivity contribution is -0.113. The van der Waals surface area contributed by atoms with E-state index in [2.05, 4.69) is 10.2 Å². The number of hydrogen-bond acceptors (Lipinski definition) is 8. The van der Waals surface area contributed by atoms with E-state index < -0.39 is 17.5 Å². The molecular formula is C29H31N5O2S. The monoisotopic (exact) mass is 513 g/mol. The van der Waals surface area contributed by atoms with Crippen molar-refractivity contribution in [3.63, 3.8) is 0 Å². The number of thiophene rings is 1. The first-order valence-corrected chi connectivity index (χ1v) is 13.4. The lowest BCUT2D eigenvalue weighted by Gasteiger charge is -2.44. The normalized spacial score (nSPS) is 23.3. The molecule has 0 spiro atoms. The molecule has 1 fully saturated rings. The molecular weight excluding hydrogens is 482 g/mol. The number of carbonyl (C=O) groups excluding carboxylic acids is 1. The second-order valence-electron chi connectivity index (χ2n) is 9.91. The number of nitrogen functional groups attached to an aromatic ring is 1. The Labute approximate surface area is 220 Å². The Morgan fingerprint density at radius 3 is 2.49 bits per heavy atom. The highest BCUT2D eigenvalue weighted by atomic mass is 32.1. The van der Waals surface area contributed by atoms with Gasteiger partial charge in [-0.2, -0.15) is 0 Å². The smallest absolute Gasteiger partial charge is 0.127 e. The number of carbonyl (C=O) groups is 1. The standard InChI is InChI=1S/C29H31N5O2S/c1-17-15-19(36-18-5-3-2-4-6-18)7-8-20(17)29(32)21-9-10-23(30)27-24(21)25(26(31)22(29)16-35)28(37-27)34-13-11-33-12-14-34/h2-10,15-16,22,26,33H,11-14,30-32H2,1H3. The molecule has 0 bridgehead atoms. The summed E-state index contributed by atoms with van der Waals surface area (Å²) in [6.07, 6.45) is 0.933. The minimum atomic E-state index is -1.11. The summed E-state index contributed by atoms with van der Waals surface area (Å²) in [5.74, 6) is 0.812. The van der Waals surface area contributed by atoms with E-state index in [1.807, 2.05) is 67.6 Å². The summed E-state index contributed by atoms with van der Waals surface area (Å²) >= 11 is 1.66. The van der Waals surface area contributed by atoms with E-state index >= 15 is 0 Å². The number of aldehydes is 1. The number of piperazine rings is 1. The number of anilines is 2. The van der Waals surface area contributed by atoms with Crippen molar-refractivity contribution in [2.24, 2.45) is 17.4 Å². The number of nitrogens with one attached hydrogen (secondary N) is 1. The summed E-state index contributed by atoms with van der Waals surface area (Å²) in [7, 11) is 0. The third-order valence-electron chi connectivity index (χ3n) is 7.75. The zero-order chi connectivity index (χ0) is 25.7. The Kier molecular flexibility index (Phi) is 5.92. The van der Waals surface area contributed by atoms with Crippen molar-refractivity contribution in [3.05, 3.63) is 82.9 Å². The lowest BCUT2D eigenvalue weighted by Crippen LogP contribution is -2.53. The fourth-order valence-corrected chi connectivity index (χ4v) is 7.30. The van der Waals surface area contributed by atoms with Crippen LogP contribution in [0.1, 0.15) is 28.3 Å². The van der Waals surface area contributed by atoms with Gasteiger partial charge in [0.2, 0.25) is 0 Å². The van der Waals surface area contributed by atoms with E-state index in [9.17, 15) is 4.79 Å². The van der Waals surface area contributed by atoms with Crippen molar-refractivity contribution in [2.45, 2.75) is 18.5 Å². The van der Waals surface area contributed by atoms with Crippen molar-refractivity contribution in [2.75, 3.05) is 36.8 Å². The molecule has 2 heterocycles. The van der Waals surface area contributed by atoms with Crippen LogP contribution in [0.25, 0.3) is 10.1 Å². The van der Waals surface area contributed by atoms with Crippen LogP contribution >= 0.6 is 11.3 Å². The number of nitrogens with two attached hydrogens (primary N) is 3. The number of para-hydroxylation sites is 1. The average Bonchev–Trinajstić information content (AvgIpc) is 3.31. The van der Waals surface area contributed by atoms with Crippen LogP contribution in [-0.4, -0.2) is 32.5 Å². The molecule has 8 heteroatoms. The van der Waals surface area contributed by atoms with Gasteiger partial charge in [-0.1, -0.05) is 30.3 Å². The Morgan fingerprint density at radius 1 is 1.05 bits per heavy atom. The van der Waals surface area contributed by atoms with E-state index in [0.29, 0.717) is 11.4 Å². The lowest BCUT2D eigenvalue weighted by atomic mass is 9.64. The van der Waals surface area contributed by atoms with E-state index in [1.54, 1.807) is 11.3 Å². The molecule has 3 unspecified atom stereocenters. The van der Waals surface area contributed by atoms with Crippen LogP contribution in [0, 0.1) is 12.8 Å². The Morgan fingerprint density at radius 2 is 1.78 bits per heavy atom. The van der Waals surface area contributed by atoms with Crippen LogP contribution in [0.5, 0.6) is 11.5 Å². The second kappa shape index (κ2) is 9.15. The molecule has 7 N–H and O–H groups in total. The molecule has 37 heavy (non-hydrogen) atoms. The summed E-state index contributed by atoms with van der Waals surface area (Å²) in [6, 6.07) is 18.8. The largest absolute Gasteiger partial charge is 0.457 e. The fraction of sp³-hybridized carbons (Fsp3) is 0.276. The van der Waals surface area contributed by atoms with Gasteiger partial charge < -0.3 is 36.9 Å². The zero-order valence-corrected chi connectivity index (χ0v) is 21.6. The molecule has 0 saturated carbocycles. The topological polar surface area (TPSA) is 120 Å². The Hall–Kier alpha value is -3.43. The number of aryl methyl sites for hydroxylation is 1. The van der Waals surface area contributed by atoms with Crippen molar-refractivity contribution in [3.8, 4) is 11.5 Å². The molecule has 7 nitrogen and oxygen atoms in total. The zero-order valence-electron chi connectivity index (χ0n) is 20.7. The number of nitrogens with zero attached hydrogens (tertiary/aromatic N) is 1. The predicted molar refractivity (Wildman–Crippen MR) is 150 cm³/mol. The molecule has 6 rings (SSSR count). The maximum Gasteiger partial charge on any atom is 0.127 e. The minimum Gasteiger partial charge on any atom is -0.457 e. The molecule has 1 aliphatic carbocycles. The second-order valence-corrected chi connectivity index (χ2v) is 10.9. The first-order chi connectivity index (χ1) is 17.9. The number of benzene rings is 3. The molecule has 3 aromatic carbocycles. The van der Waals surface area contributed by atoms with Gasteiger partial charge in [0.25, 0.3) is 0 Å². The SMILES string of the molecule is Cc1cc(Oc2ccccc2)ccc1C1(N)c2ccc(N)c3sc(N4CCNCC4)c(c23)C(N)C1C=O. The maximum atomic E-state index is 12.8. The van der Waals surface area contributed by atoms with E-state index in [1.165, 1.54) is 0 Å². The highest BCUT2D eigenvalue weighted by molar-refractivity contribution is 7.23. The summed E-state index contributed by atoms with van der Waals surface area (Å²) < 4.78 is 7.03. The van der Waals surface area contributed by atoms with Crippen LogP contribution in [0.4, 0.5) is 10.7 Å². The van der Waals surface area contributed by atoms with Gasteiger partial charge in [-0.3, -0.25) is 0 Å². The van der Waals surface area contributed by atoms with Crippen molar-refractivity contribution in [1.82, 2.24) is 5.32 Å². The van der Waals surface area contributed by atoms with Crippen LogP contribution in [0.3, 0.4) is 0 Å². The first-order valence-electron chi connectivity index (χ1n) is 12.6. The first kappa shape index (κ1) is 23.9. The van der Waals surface area contributed by atoms with Gasteiger partial charge in [-0.15, -0.1) is 11.3 Å². The predicted octanol–water partition coefficient (Wildman–Crippen LogP) is 4.02. The van der Waals surface area contributed by atoms with Crippen molar-refractivity contribution >= 4 is 38.4 Å². The Balaban J connectivity index is 1.52. The van der Waals surface area contributed by atoms with E-state index in [4.69, 9.17) is 21.9 Å². The van der Waals surface area contributed by atoms with Crippen molar-refractivity contribution in [1.29, 1.82) is 0 Å². The van der Waals surface area contributed by atoms with Gasteiger partial charge in [0, 0.05) is 48.9 Å². The highest BCUT2D eigenvalue weighted by Crippen LogP contribution is 2.56. The third kappa shape index (κ3) is 3.71. The van der Waals surface area contributed by atoms with Crippen LogP contribution in [0.15, 0.2) is 60.7 Å². The minimum absolute atomic E-state index is 0.560. The van der Waals surface area contributed by atoms with Crippen LogP contribution < -0.4 is 32.2 Å². The number of rotatable bonds is 5. The fourth-order valence-electron chi connectivity index (χ4n) is 5.94. The van der Waals surface area contributed by atoms with E-state index in [-0.39, 0.29) is 0 Å². The molecule has 190 valence electrons. The molecule has 0 amide bonds. The van der Waals surface area contributed by atoms with Gasteiger partial charge in [-0.25, -0.2) is 0 Å². The summed E-state index contributed by atoms with van der Waals surface area (Å²) in [5, 5.41) is 5.50. The number of ether oxygens (including phenoxy) is 1.